The summed E-state index contributed by atoms with van der Waals surface area (Å²) in [4.78, 5) is 16.2. The average Bonchev–Trinajstić information content (AvgIpc) is 3.41. The summed E-state index contributed by atoms with van der Waals surface area (Å²) in [5, 5.41) is 5.03. The second-order valence-corrected chi connectivity index (χ2v) is 6.18. The SMILES string of the molecule is C=C/C=C(C)\C(=C/C)c1ccc2cc(NC(=O)C3CC3)ncc2c1. The van der Waals surface area contributed by atoms with Crippen LogP contribution in [0.4, 0.5) is 5.82 Å². The van der Waals surface area contributed by atoms with Crippen LogP contribution in [0, 0.1) is 5.92 Å². The molecule has 3 heteroatoms. The molecule has 1 aromatic heterocycles. The number of hydrogen-bond donors (Lipinski definition) is 1. The third kappa shape index (κ3) is 3.46. The van der Waals surface area contributed by atoms with E-state index < -0.39 is 0 Å². The van der Waals surface area contributed by atoms with Crippen molar-refractivity contribution in [1.82, 2.24) is 4.98 Å². The Balaban J connectivity index is 1.90. The van der Waals surface area contributed by atoms with Crippen LogP contribution in [-0.4, -0.2) is 10.9 Å². The zero-order chi connectivity index (χ0) is 17.1. The number of amides is 1. The number of nitrogens with zero attached hydrogens (tertiary/aromatic N) is 1. The number of anilines is 1. The van der Waals surface area contributed by atoms with Crippen LogP contribution < -0.4 is 5.32 Å². The first-order valence-electron chi connectivity index (χ1n) is 8.29. The molecule has 0 aliphatic heterocycles. The Labute approximate surface area is 142 Å². The Bertz CT molecular complexity index is 857. The van der Waals surface area contributed by atoms with Crippen LogP contribution >= 0.6 is 0 Å². The number of hydrogen-bond acceptors (Lipinski definition) is 2. The fraction of sp³-hybridized carbons (Fsp3) is 0.238. The number of pyridine rings is 1. The Morgan fingerprint density at radius 1 is 1.29 bits per heavy atom. The van der Waals surface area contributed by atoms with E-state index in [1.54, 1.807) is 6.08 Å². The first-order chi connectivity index (χ1) is 11.6. The number of fused-ring (bicyclic) bond motifs is 1. The summed E-state index contributed by atoms with van der Waals surface area (Å²) >= 11 is 0. The highest BCUT2D eigenvalue weighted by Crippen LogP contribution is 2.31. The third-order valence-electron chi connectivity index (χ3n) is 4.31. The molecule has 0 radical (unpaired) electrons. The van der Waals surface area contributed by atoms with Crippen LogP contribution in [0.15, 0.2) is 60.8 Å². The van der Waals surface area contributed by atoms with Gasteiger partial charge in [0.05, 0.1) is 0 Å². The molecule has 1 fully saturated rings. The van der Waals surface area contributed by atoms with Crippen LogP contribution in [0.5, 0.6) is 0 Å². The number of nitrogens with one attached hydrogen (secondary N) is 1. The molecule has 24 heavy (non-hydrogen) atoms. The van der Waals surface area contributed by atoms with Crippen molar-refractivity contribution in [3.8, 4) is 0 Å². The fourth-order valence-corrected chi connectivity index (χ4v) is 2.84. The summed E-state index contributed by atoms with van der Waals surface area (Å²) in [6.45, 7) is 7.88. The van der Waals surface area contributed by atoms with Crippen molar-refractivity contribution in [3.05, 3.63) is 66.4 Å². The number of allylic oxidation sites excluding steroid dienone is 5. The molecule has 3 rings (SSSR count). The molecule has 1 aliphatic rings. The van der Waals surface area contributed by atoms with E-state index in [-0.39, 0.29) is 11.8 Å². The molecule has 0 atom stereocenters. The van der Waals surface area contributed by atoms with E-state index in [0.717, 1.165) is 29.2 Å². The maximum atomic E-state index is 11.9. The predicted octanol–water partition coefficient (Wildman–Crippen LogP) is 5.12. The largest absolute Gasteiger partial charge is 0.310 e. The topological polar surface area (TPSA) is 42.0 Å². The summed E-state index contributed by atoms with van der Waals surface area (Å²) in [6.07, 6.45) is 9.72. The molecule has 1 heterocycles. The summed E-state index contributed by atoms with van der Waals surface area (Å²) in [7, 11) is 0. The van der Waals surface area contributed by atoms with Crippen LogP contribution in [0.3, 0.4) is 0 Å². The van der Waals surface area contributed by atoms with Gasteiger partial charge in [0.2, 0.25) is 5.91 Å². The molecule has 3 nitrogen and oxygen atoms in total. The van der Waals surface area contributed by atoms with Gasteiger partial charge in [0, 0.05) is 17.5 Å². The monoisotopic (exact) mass is 318 g/mol. The van der Waals surface area contributed by atoms with Crippen molar-refractivity contribution in [1.29, 1.82) is 0 Å². The van der Waals surface area contributed by atoms with Gasteiger partial charge < -0.3 is 5.32 Å². The minimum atomic E-state index is 0.0832. The summed E-state index contributed by atoms with van der Waals surface area (Å²) in [5.41, 5.74) is 3.51. The van der Waals surface area contributed by atoms with Crippen LogP contribution in [-0.2, 0) is 4.79 Å². The lowest BCUT2D eigenvalue weighted by Gasteiger charge is -2.10. The lowest BCUT2D eigenvalue weighted by atomic mass is 9.96. The molecule has 1 amide bonds. The van der Waals surface area contributed by atoms with Gasteiger partial charge >= 0.3 is 0 Å². The molecule has 0 unspecified atom stereocenters. The molecule has 0 saturated heterocycles. The number of carbonyl (C=O) groups excluding carboxylic acids is 1. The van der Waals surface area contributed by atoms with Crippen LogP contribution in [0.2, 0.25) is 0 Å². The van der Waals surface area contributed by atoms with Crippen molar-refractivity contribution in [3.63, 3.8) is 0 Å². The third-order valence-corrected chi connectivity index (χ3v) is 4.31. The highest BCUT2D eigenvalue weighted by molar-refractivity contribution is 5.96. The summed E-state index contributed by atoms with van der Waals surface area (Å²) in [6, 6.07) is 8.24. The van der Waals surface area contributed by atoms with E-state index >= 15 is 0 Å². The van der Waals surface area contributed by atoms with E-state index in [2.05, 4.69) is 48.1 Å². The predicted molar refractivity (Wildman–Crippen MR) is 101 cm³/mol. The highest BCUT2D eigenvalue weighted by Gasteiger charge is 2.29. The first-order valence-corrected chi connectivity index (χ1v) is 8.29. The van der Waals surface area contributed by atoms with Gasteiger partial charge in [-0.3, -0.25) is 4.79 Å². The number of benzene rings is 1. The van der Waals surface area contributed by atoms with E-state index in [0.29, 0.717) is 5.82 Å². The number of rotatable bonds is 5. The summed E-state index contributed by atoms with van der Waals surface area (Å²) in [5.74, 6) is 0.891. The van der Waals surface area contributed by atoms with E-state index in [1.165, 1.54) is 11.1 Å². The molecule has 1 N–H and O–H groups in total. The van der Waals surface area contributed by atoms with Gasteiger partial charge in [-0.1, -0.05) is 36.9 Å². The van der Waals surface area contributed by atoms with Gasteiger partial charge in [-0.25, -0.2) is 4.98 Å². The van der Waals surface area contributed by atoms with Crippen molar-refractivity contribution in [2.24, 2.45) is 5.92 Å². The standard InChI is InChI=1S/C21H22N2O/c1-4-6-14(3)19(5-2)17-10-9-16-12-20(22-13-18(16)11-17)23-21(24)15-7-8-15/h4-6,9-13,15H,1,7-8H2,2-3H3,(H,22,23,24)/b14-6-,19-5+. The molecular weight excluding hydrogens is 296 g/mol. The van der Waals surface area contributed by atoms with Crippen molar-refractivity contribution >= 4 is 28.1 Å². The lowest BCUT2D eigenvalue weighted by Crippen LogP contribution is -2.14. The maximum Gasteiger partial charge on any atom is 0.228 e. The molecular formula is C21H22N2O. The number of carbonyl (C=O) groups is 1. The van der Waals surface area contributed by atoms with Crippen molar-refractivity contribution in [2.45, 2.75) is 26.7 Å². The maximum absolute atomic E-state index is 11.9. The Hall–Kier alpha value is -2.68. The van der Waals surface area contributed by atoms with Gasteiger partial charge in [-0.15, -0.1) is 0 Å². The van der Waals surface area contributed by atoms with Gasteiger partial charge in [0.1, 0.15) is 5.82 Å². The van der Waals surface area contributed by atoms with Gasteiger partial charge in [0.15, 0.2) is 0 Å². The minimum absolute atomic E-state index is 0.0832. The van der Waals surface area contributed by atoms with Crippen molar-refractivity contribution < 1.29 is 4.79 Å². The quantitative estimate of drug-likeness (QED) is 0.778. The van der Waals surface area contributed by atoms with E-state index in [4.69, 9.17) is 0 Å². The van der Waals surface area contributed by atoms with Crippen LogP contribution in [0.1, 0.15) is 32.3 Å². The Morgan fingerprint density at radius 3 is 2.75 bits per heavy atom. The molecule has 122 valence electrons. The zero-order valence-electron chi connectivity index (χ0n) is 14.2. The second-order valence-electron chi connectivity index (χ2n) is 6.18. The first kappa shape index (κ1) is 16.2. The van der Waals surface area contributed by atoms with Gasteiger partial charge in [-0.05, 0) is 60.9 Å². The van der Waals surface area contributed by atoms with Crippen molar-refractivity contribution in [2.75, 3.05) is 5.32 Å². The number of aromatic nitrogens is 1. The van der Waals surface area contributed by atoms with Gasteiger partial charge in [-0.2, -0.15) is 0 Å². The smallest absolute Gasteiger partial charge is 0.228 e. The molecule has 1 aliphatic carbocycles. The van der Waals surface area contributed by atoms with E-state index in [9.17, 15) is 4.79 Å². The Kier molecular flexibility index (Phi) is 4.61. The van der Waals surface area contributed by atoms with Crippen LogP contribution in [0.25, 0.3) is 16.3 Å². The fourth-order valence-electron chi connectivity index (χ4n) is 2.84. The Morgan fingerprint density at radius 2 is 2.08 bits per heavy atom. The molecule has 0 bridgehead atoms. The minimum Gasteiger partial charge on any atom is -0.310 e. The summed E-state index contributed by atoms with van der Waals surface area (Å²) < 4.78 is 0. The molecule has 1 saturated carbocycles. The van der Waals surface area contributed by atoms with Gasteiger partial charge in [0.25, 0.3) is 0 Å². The molecule has 2 aromatic rings. The second kappa shape index (κ2) is 6.83. The zero-order valence-corrected chi connectivity index (χ0v) is 14.2. The average molecular weight is 318 g/mol. The normalized spacial score (nSPS) is 15.4. The van der Waals surface area contributed by atoms with E-state index in [1.807, 2.05) is 25.3 Å². The highest BCUT2D eigenvalue weighted by atomic mass is 16.2. The molecule has 0 spiro atoms. The lowest BCUT2D eigenvalue weighted by molar-refractivity contribution is -0.117. The molecule has 1 aromatic carbocycles.